The maximum atomic E-state index is 13.2. The van der Waals surface area contributed by atoms with Crippen molar-refractivity contribution in [1.82, 2.24) is 9.97 Å². The Kier molecular flexibility index (Phi) is 12.9. The standard InChI is InChI=1S/C26H23ClFNO3.C19H18ClNO3/c1-16-23(26(30)31-2)12-18(14-29-16)21-4-3-5-22(21)24-13-19(27)8-11-25(24)32-15-17-6-9-20(28)10-7-17;1-11-16(19(23)24-2)8-12(10-21-11)14-4-3-5-15(14)17-9-13(20)6-7-18(17)22/h6-14H,3-5,15H2,1-2H3;6-10,22H,3-5H2,1-2H3. The van der Waals surface area contributed by atoms with Crippen LogP contribution in [0.25, 0.3) is 22.3 Å². The van der Waals surface area contributed by atoms with E-state index in [1.807, 2.05) is 24.3 Å². The lowest BCUT2D eigenvalue weighted by atomic mass is 9.96. The van der Waals surface area contributed by atoms with Gasteiger partial charge >= 0.3 is 11.9 Å². The number of ether oxygens (including phenoxy) is 3. The highest BCUT2D eigenvalue weighted by atomic mass is 35.5. The van der Waals surface area contributed by atoms with Crippen LogP contribution in [0.4, 0.5) is 4.39 Å². The Morgan fingerprint density at radius 1 is 0.679 bits per heavy atom. The van der Waals surface area contributed by atoms with E-state index in [1.165, 1.54) is 26.4 Å². The van der Waals surface area contributed by atoms with E-state index in [0.29, 0.717) is 44.9 Å². The van der Waals surface area contributed by atoms with Gasteiger partial charge in [0.05, 0.1) is 36.7 Å². The molecule has 2 aromatic heterocycles. The van der Waals surface area contributed by atoms with Crippen molar-refractivity contribution in [2.45, 2.75) is 59.0 Å². The van der Waals surface area contributed by atoms with Gasteiger partial charge in [-0.05, 0) is 152 Å². The molecule has 2 aliphatic rings. The highest BCUT2D eigenvalue weighted by molar-refractivity contribution is 6.31. The first-order valence-corrected chi connectivity index (χ1v) is 18.9. The predicted molar refractivity (Wildman–Crippen MR) is 217 cm³/mol. The fourth-order valence-electron chi connectivity index (χ4n) is 7.10. The van der Waals surface area contributed by atoms with Crippen molar-refractivity contribution in [1.29, 1.82) is 0 Å². The quantitative estimate of drug-likeness (QED) is 0.147. The second-order valence-electron chi connectivity index (χ2n) is 13.5. The Labute approximate surface area is 335 Å². The Morgan fingerprint density at radius 3 is 1.70 bits per heavy atom. The lowest BCUT2D eigenvalue weighted by Gasteiger charge is -2.16. The summed E-state index contributed by atoms with van der Waals surface area (Å²) in [6.45, 7) is 3.89. The number of esters is 2. The monoisotopic (exact) mass is 794 g/mol. The number of aromatic hydroxyl groups is 1. The lowest BCUT2D eigenvalue weighted by molar-refractivity contribution is 0.0590. The molecule has 8 nitrogen and oxygen atoms in total. The van der Waals surface area contributed by atoms with Crippen molar-refractivity contribution >= 4 is 57.4 Å². The summed E-state index contributed by atoms with van der Waals surface area (Å²) in [5.74, 6) is -0.154. The van der Waals surface area contributed by atoms with Gasteiger partial charge in [0.1, 0.15) is 23.9 Å². The highest BCUT2D eigenvalue weighted by Crippen LogP contribution is 2.45. The maximum absolute atomic E-state index is 13.2. The first kappa shape index (κ1) is 40.2. The van der Waals surface area contributed by atoms with Crippen molar-refractivity contribution in [3.05, 3.63) is 151 Å². The van der Waals surface area contributed by atoms with Crippen molar-refractivity contribution in [2.24, 2.45) is 0 Å². The Balaban J connectivity index is 0.000000198. The molecule has 11 heteroatoms. The van der Waals surface area contributed by atoms with Gasteiger partial charge in [-0.15, -0.1) is 0 Å². The van der Waals surface area contributed by atoms with Gasteiger partial charge in [-0.25, -0.2) is 14.0 Å². The van der Waals surface area contributed by atoms with Gasteiger partial charge in [-0.2, -0.15) is 0 Å². The Bertz CT molecular complexity index is 2360. The van der Waals surface area contributed by atoms with E-state index in [2.05, 4.69) is 9.97 Å². The van der Waals surface area contributed by atoms with Gasteiger partial charge in [0.25, 0.3) is 0 Å². The second-order valence-corrected chi connectivity index (χ2v) is 14.4. The molecule has 0 amide bonds. The number of hydrogen-bond acceptors (Lipinski definition) is 8. The molecular formula is C45H41Cl2FN2O6. The van der Waals surface area contributed by atoms with Crippen LogP contribution in [0, 0.1) is 19.7 Å². The largest absolute Gasteiger partial charge is 0.507 e. The first-order valence-electron chi connectivity index (χ1n) is 18.2. The summed E-state index contributed by atoms with van der Waals surface area (Å²) in [5, 5.41) is 11.4. The number of hydrogen-bond donors (Lipinski definition) is 1. The second kappa shape index (κ2) is 18.0. The minimum atomic E-state index is -0.400. The number of aromatic nitrogens is 2. The van der Waals surface area contributed by atoms with Crippen molar-refractivity contribution < 1.29 is 33.3 Å². The van der Waals surface area contributed by atoms with Crippen molar-refractivity contribution in [3.8, 4) is 11.5 Å². The molecular weight excluding hydrogens is 754 g/mol. The molecule has 0 radical (unpaired) electrons. The van der Waals surface area contributed by atoms with E-state index >= 15 is 0 Å². The van der Waals surface area contributed by atoms with Crippen LogP contribution in [-0.4, -0.2) is 41.2 Å². The number of phenolic OH excluding ortho intramolecular Hbond substituents is 1. The topological polar surface area (TPSA) is 108 Å². The number of pyridine rings is 2. The fourth-order valence-corrected chi connectivity index (χ4v) is 7.45. The smallest absolute Gasteiger partial charge is 0.339 e. The van der Waals surface area contributed by atoms with E-state index in [1.54, 1.807) is 62.6 Å². The molecule has 3 aromatic carbocycles. The zero-order valence-corrected chi connectivity index (χ0v) is 33.1. The third-order valence-corrected chi connectivity index (χ3v) is 10.4. The summed E-state index contributed by atoms with van der Waals surface area (Å²) in [4.78, 5) is 32.8. The van der Waals surface area contributed by atoms with Gasteiger partial charge in [-0.1, -0.05) is 35.3 Å². The summed E-state index contributed by atoms with van der Waals surface area (Å²) < 4.78 is 29.0. The summed E-state index contributed by atoms with van der Waals surface area (Å²) >= 11 is 12.4. The van der Waals surface area contributed by atoms with Gasteiger partial charge < -0.3 is 19.3 Å². The molecule has 5 aromatic rings. The zero-order chi connectivity index (χ0) is 39.9. The summed E-state index contributed by atoms with van der Waals surface area (Å²) in [7, 11) is 2.73. The number of allylic oxidation sites excluding steroid dienone is 4. The minimum absolute atomic E-state index is 0.210. The fraction of sp³-hybridized carbons (Fsp3) is 0.244. The molecule has 0 saturated carbocycles. The highest BCUT2D eigenvalue weighted by Gasteiger charge is 2.24. The van der Waals surface area contributed by atoms with Crippen LogP contribution in [0.1, 0.15) is 98.4 Å². The Hall–Kier alpha value is -5.51. The van der Waals surface area contributed by atoms with Crippen LogP contribution < -0.4 is 4.74 Å². The van der Waals surface area contributed by atoms with Crippen LogP contribution >= 0.6 is 23.2 Å². The average Bonchev–Trinajstić information content (AvgIpc) is 3.90. The molecule has 7 rings (SSSR count). The van der Waals surface area contributed by atoms with Gasteiger partial charge in [0, 0.05) is 33.6 Å². The van der Waals surface area contributed by atoms with E-state index in [-0.39, 0.29) is 11.6 Å². The molecule has 1 N–H and O–H groups in total. The average molecular weight is 796 g/mol. The number of carbonyl (C=O) groups excluding carboxylic acids is 2. The van der Waals surface area contributed by atoms with Gasteiger partial charge in [-0.3, -0.25) is 9.97 Å². The SMILES string of the molecule is COC(=O)c1cc(C2=C(c3cc(Cl)ccc3O)CCC2)cnc1C.COC(=O)c1cc(C2=C(c3cc(Cl)ccc3OCc3ccc(F)cc3)CCC2)cnc1C. The number of aryl methyl sites for hydroxylation is 2. The zero-order valence-electron chi connectivity index (χ0n) is 31.5. The number of methoxy groups -OCH3 is 2. The summed E-state index contributed by atoms with van der Waals surface area (Å²) in [5.41, 5.74) is 10.9. The molecule has 0 bridgehead atoms. The van der Waals surface area contributed by atoms with E-state index in [9.17, 15) is 19.1 Å². The minimum Gasteiger partial charge on any atom is -0.507 e. The van der Waals surface area contributed by atoms with Crippen LogP contribution in [-0.2, 0) is 16.1 Å². The van der Waals surface area contributed by atoms with Gasteiger partial charge in [0.2, 0.25) is 0 Å². The van der Waals surface area contributed by atoms with E-state index in [0.717, 1.165) is 88.6 Å². The normalized spacial score (nSPS) is 13.7. The third kappa shape index (κ3) is 9.12. The van der Waals surface area contributed by atoms with Crippen LogP contribution in [0.2, 0.25) is 10.0 Å². The van der Waals surface area contributed by atoms with E-state index in [4.69, 9.17) is 37.4 Å². The number of nitrogens with zero attached hydrogens (tertiary/aromatic N) is 2. The summed E-state index contributed by atoms with van der Waals surface area (Å²) in [6, 6.07) is 20.5. The molecule has 2 heterocycles. The number of phenols is 1. The number of halogens is 3. The number of benzene rings is 3. The molecule has 0 unspecified atom stereocenters. The third-order valence-electron chi connectivity index (χ3n) is 9.98. The number of rotatable bonds is 9. The van der Waals surface area contributed by atoms with Gasteiger partial charge in [0.15, 0.2) is 0 Å². The molecule has 0 saturated heterocycles. The van der Waals surface area contributed by atoms with Crippen LogP contribution in [0.3, 0.4) is 0 Å². The van der Waals surface area contributed by atoms with Crippen molar-refractivity contribution in [3.63, 3.8) is 0 Å². The molecule has 0 aliphatic heterocycles. The number of carbonyl (C=O) groups is 2. The summed E-state index contributed by atoms with van der Waals surface area (Å²) in [6.07, 6.45) is 8.98. The Morgan fingerprint density at radius 2 is 1.16 bits per heavy atom. The van der Waals surface area contributed by atoms with Crippen LogP contribution in [0.5, 0.6) is 11.5 Å². The molecule has 0 atom stereocenters. The maximum Gasteiger partial charge on any atom is 0.339 e. The van der Waals surface area contributed by atoms with E-state index < -0.39 is 11.9 Å². The lowest BCUT2D eigenvalue weighted by Crippen LogP contribution is -2.06. The first-order chi connectivity index (χ1) is 27.0. The predicted octanol–water partition coefficient (Wildman–Crippen LogP) is 11.3. The van der Waals surface area contributed by atoms with Crippen LogP contribution in [0.15, 0.2) is 85.2 Å². The molecule has 0 fully saturated rings. The molecule has 2 aliphatic carbocycles. The van der Waals surface area contributed by atoms with Crippen molar-refractivity contribution in [2.75, 3.05) is 14.2 Å². The molecule has 288 valence electrons. The molecule has 0 spiro atoms. The molecule has 56 heavy (non-hydrogen) atoms.